The minimum absolute atomic E-state index is 0.236. The van der Waals surface area contributed by atoms with Crippen LogP contribution in [0.25, 0.3) is 0 Å². The minimum Gasteiger partial charge on any atom is -0.302 e. The van der Waals surface area contributed by atoms with Gasteiger partial charge in [0.05, 0.1) is 0 Å². The van der Waals surface area contributed by atoms with Gasteiger partial charge in [-0.2, -0.15) is 0 Å². The van der Waals surface area contributed by atoms with E-state index in [1.54, 1.807) is 6.07 Å². The number of rotatable bonds is 3. The third-order valence-corrected chi connectivity index (χ3v) is 2.72. The Labute approximate surface area is 95.6 Å². The molecule has 77 valence electrons. The van der Waals surface area contributed by atoms with Gasteiger partial charge in [-0.25, -0.2) is 0 Å². The molecule has 1 aromatic carbocycles. The number of hydrogen-bond donors (Lipinski definition) is 0. The third kappa shape index (κ3) is 2.63. The summed E-state index contributed by atoms with van der Waals surface area (Å²) in [6.07, 6.45) is 2.11. The molecule has 1 rings (SSSR count). The zero-order valence-electron chi connectivity index (χ0n) is 8.59. The van der Waals surface area contributed by atoms with Crippen LogP contribution in [0.3, 0.4) is 0 Å². The molecule has 1 radical (unpaired) electrons. The Balaban J connectivity index is 3.04. The highest BCUT2D eigenvalue weighted by Crippen LogP contribution is 2.30. The van der Waals surface area contributed by atoms with Gasteiger partial charge in [0.15, 0.2) is 0 Å². The molecule has 1 atom stereocenters. The van der Waals surface area contributed by atoms with Crippen molar-refractivity contribution >= 4 is 23.2 Å². The molecular weight excluding hydrogens is 217 g/mol. The van der Waals surface area contributed by atoms with Gasteiger partial charge in [-0.15, -0.1) is 0 Å². The number of hydrogen-bond acceptors (Lipinski definition) is 1. The lowest BCUT2D eigenvalue weighted by Crippen LogP contribution is -2.19. The summed E-state index contributed by atoms with van der Waals surface area (Å²) in [6.45, 7) is 2.02. The molecule has 0 fully saturated rings. The SMILES string of the molecule is C[CH]C(c1ccc(Cl)cc1Cl)N(C)C. The summed E-state index contributed by atoms with van der Waals surface area (Å²) in [5, 5.41) is 1.39. The van der Waals surface area contributed by atoms with E-state index in [1.807, 2.05) is 33.2 Å². The average molecular weight is 231 g/mol. The van der Waals surface area contributed by atoms with Crippen LogP contribution < -0.4 is 0 Å². The monoisotopic (exact) mass is 230 g/mol. The summed E-state index contributed by atoms with van der Waals surface area (Å²) >= 11 is 12.0. The van der Waals surface area contributed by atoms with E-state index in [4.69, 9.17) is 23.2 Å². The summed E-state index contributed by atoms with van der Waals surface area (Å²) in [4.78, 5) is 2.11. The molecule has 0 saturated heterocycles. The first-order chi connectivity index (χ1) is 6.56. The van der Waals surface area contributed by atoms with Crippen molar-refractivity contribution in [2.45, 2.75) is 13.0 Å². The van der Waals surface area contributed by atoms with E-state index in [1.165, 1.54) is 0 Å². The molecule has 0 spiro atoms. The molecule has 0 aliphatic heterocycles. The lowest BCUT2D eigenvalue weighted by molar-refractivity contribution is 0.334. The first kappa shape index (κ1) is 11.8. The van der Waals surface area contributed by atoms with E-state index in [0.717, 1.165) is 5.56 Å². The number of nitrogens with zero attached hydrogens (tertiary/aromatic N) is 1. The van der Waals surface area contributed by atoms with Crippen LogP contribution >= 0.6 is 23.2 Å². The van der Waals surface area contributed by atoms with Crippen LogP contribution in [-0.4, -0.2) is 19.0 Å². The van der Waals surface area contributed by atoms with Crippen molar-refractivity contribution in [1.29, 1.82) is 0 Å². The zero-order valence-corrected chi connectivity index (χ0v) is 10.1. The van der Waals surface area contributed by atoms with Crippen molar-refractivity contribution in [2.24, 2.45) is 0 Å². The molecule has 0 aromatic heterocycles. The largest absolute Gasteiger partial charge is 0.302 e. The smallest absolute Gasteiger partial charge is 0.0468 e. The maximum atomic E-state index is 6.12. The second-order valence-corrected chi connectivity index (χ2v) is 4.25. The fraction of sp³-hybridized carbons (Fsp3) is 0.364. The predicted molar refractivity (Wildman–Crippen MR) is 62.9 cm³/mol. The van der Waals surface area contributed by atoms with Gasteiger partial charge in [0, 0.05) is 16.1 Å². The summed E-state index contributed by atoms with van der Waals surface area (Å²) in [5.41, 5.74) is 1.09. The van der Waals surface area contributed by atoms with Gasteiger partial charge in [0.2, 0.25) is 0 Å². The molecule has 3 heteroatoms. The molecule has 1 nitrogen and oxygen atoms in total. The summed E-state index contributed by atoms with van der Waals surface area (Å²) in [6, 6.07) is 5.84. The van der Waals surface area contributed by atoms with Crippen LogP contribution in [0.5, 0.6) is 0 Å². The van der Waals surface area contributed by atoms with E-state index >= 15 is 0 Å². The van der Waals surface area contributed by atoms with Crippen LogP contribution in [0.1, 0.15) is 18.5 Å². The molecule has 0 bridgehead atoms. The highest BCUT2D eigenvalue weighted by Gasteiger charge is 2.14. The topological polar surface area (TPSA) is 3.24 Å². The minimum atomic E-state index is 0.236. The molecule has 0 aliphatic rings. The summed E-state index contributed by atoms with van der Waals surface area (Å²) in [7, 11) is 4.05. The molecule has 0 aliphatic carbocycles. The second-order valence-electron chi connectivity index (χ2n) is 3.41. The van der Waals surface area contributed by atoms with Crippen LogP contribution in [0, 0.1) is 6.42 Å². The molecule has 0 amide bonds. The fourth-order valence-electron chi connectivity index (χ4n) is 1.50. The standard InChI is InChI=1S/C11H14Cl2N/c1-4-11(14(2)3)9-6-5-8(12)7-10(9)13/h4-7,11H,1-3H3. The van der Waals surface area contributed by atoms with Gasteiger partial charge in [0.25, 0.3) is 0 Å². The van der Waals surface area contributed by atoms with Crippen molar-refractivity contribution in [2.75, 3.05) is 14.1 Å². The summed E-state index contributed by atoms with van der Waals surface area (Å²) < 4.78 is 0. The van der Waals surface area contributed by atoms with E-state index in [0.29, 0.717) is 10.0 Å². The van der Waals surface area contributed by atoms with Gasteiger partial charge in [-0.1, -0.05) is 36.2 Å². The Morgan fingerprint density at radius 2 is 1.93 bits per heavy atom. The molecule has 1 aromatic rings. The van der Waals surface area contributed by atoms with Gasteiger partial charge in [0.1, 0.15) is 0 Å². The van der Waals surface area contributed by atoms with E-state index in [2.05, 4.69) is 11.3 Å². The molecule has 1 unspecified atom stereocenters. The Hall–Kier alpha value is -0.240. The highest BCUT2D eigenvalue weighted by molar-refractivity contribution is 6.35. The van der Waals surface area contributed by atoms with Crippen LogP contribution in [0.15, 0.2) is 18.2 Å². The van der Waals surface area contributed by atoms with Gasteiger partial charge in [-0.3, -0.25) is 0 Å². The first-order valence-electron chi connectivity index (χ1n) is 4.47. The number of halogens is 2. The quantitative estimate of drug-likeness (QED) is 0.764. The lowest BCUT2D eigenvalue weighted by atomic mass is 10.0. The van der Waals surface area contributed by atoms with Crippen LogP contribution in [0.2, 0.25) is 10.0 Å². The van der Waals surface area contributed by atoms with Crippen molar-refractivity contribution in [3.8, 4) is 0 Å². The molecule has 14 heavy (non-hydrogen) atoms. The van der Waals surface area contributed by atoms with E-state index in [9.17, 15) is 0 Å². The highest BCUT2D eigenvalue weighted by atomic mass is 35.5. The third-order valence-electron chi connectivity index (χ3n) is 2.15. The first-order valence-corrected chi connectivity index (χ1v) is 5.22. The Morgan fingerprint density at radius 3 is 2.36 bits per heavy atom. The molecular formula is C11H14Cl2N. The van der Waals surface area contributed by atoms with E-state index < -0.39 is 0 Å². The lowest BCUT2D eigenvalue weighted by Gasteiger charge is -2.24. The second kappa shape index (κ2) is 5.01. The predicted octanol–water partition coefficient (Wildman–Crippen LogP) is 3.82. The van der Waals surface area contributed by atoms with Crippen molar-refractivity contribution in [1.82, 2.24) is 4.90 Å². The average Bonchev–Trinajstić information content (AvgIpc) is 2.09. The van der Waals surface area contributed by atoms with Gasteiger partial charge >= 0.3 is 0 Å². The van der Waals surface area contributed by atoms with Gasteiger partial charge < -0.3 is 4.90 Å². The Kier molecular flexibility index (Phi) is 4.24. The van der Waals surface area contributed by atoms with Crippen molar-refractivity contribution in [3.63, 3.8) is 0 Å². The fourth-order valence-corrected chi connectivity index (χ4v) is 2.02. The molecule has 0 heterocycles. The molecule has 0 saturated carbocycles. The normalized spacial score (nSPS) is 13.3. The summed E-state index contributed by atoms with van der Waals surface area (Å²) in [5.74, 6) is 0. The Morgan fingerprint density at radius 1 is 1.29 bits per heavy atom. The van der Waals surface area contributed by atoms with Crippen LogP contribution in [-0.2, 0) is 0 Å². The van der Waals surface area contributed by atoms with Gasteiger partial charge in [-0.05, 0) is 38.2 Å². The van der Waals surface area contributed by atoms with Crippen molar-refractivity contribution < 1.29 is 0 Å². The zero-order chi connectivity index (χ0) is 10.7. The maximum absolute atomic E-state index is 6.12. The molecule has 0 N–H and O–H groups in total. The van der Waals surface area contributed by atoms with E-state index in [-0.39, 0.29) is 6.04 Å². The maximum Gasteiger partial charge on any atom is 0.0468 e. The van der Waals surface area contributed by atoms with Crippen molar-refractivity contribution in [3.05, 3.63) is 40.2 Å². The Bertz CT molecular complexity index is 310. The number of benzene rings is 1. The van der Waals surface area contributed by atoms with Crippen LogP contribution in [0.4, 0.5) is 0 Å².